The van der Waals surface area contributed by atoms with E-state index in [0.29, 0.717) is 24.0 Å². The molecule has 2 fully saturated rings. The summed E-state index contributed by atoms with van der Waals surface area (Å²) >= 11 is 6.38. The molecule has 232 valence electrons. The van der Waals surface area contributed by atoms with Gasteiger partial charge in [-0.1, -0.05) is 54.1 Å². The fourth-order valence-electron chi connectivity index (χ4n) is 6.49. The van der Waals surface area contributed by atoms with E-state index in [1.165, 1.54) is 16.8 Å². The third-order valence-corrected chi connectivity index (χ3v) is 11.0. The van der Waals surface area contributed by atoms with Crippen LogP contribution in [0.2, 0.25) is 5.02 Å². The smallest absolute Gasteiger partial charge is 0.410 e. The molecule has 9 nitrogen and oxygen atoms in total. The molecule has 0 unspecified atom stereocenters. The van der Waals surface area contributed by atoms with Crippen molar-refractivity contribution in [1.29, 1.82) is 0 Å². The first-order chi connectivity index (χ1) is 20.6. The number of nitrogens with zero attached hydrogens (tertiary/aromatic N) is 5. The van der Waals surface area contributed by atoms with Crippen molar-refractivity contribution in [1.82, 2.24) is 23.7 Å². The van der Waals surface area contributed by atoms with Gasteiger partial charge >= 0.3 is 6.09 Å². The maximum atomic E-state index is 13.3. The lowest BCUT2D eigenvalue weighted by Gasteiger charge is -2.37. The molecule has 1 saturated carbocycles. The molecule has 0 bridgehead atoms. The van der Waals surface area contributed by atoms with E-state index in [0.717, 1.165) is 56.4 Å². The van der Waals surface area contributed by atoms with E-state index in [-0.39, 0.29) is 29.2 Å². The number of aromatic nitrogens is 2. The maximum absolute atomic E-state index is 13.3. The summed E-state index contributed by atoms with van der Waals surface area (Å²) < 4.78 is 35.3. The molecule has 2 aromatic carbocycles. The van der Waals surface area contributed by atoms with Crippen LogP contribution >= 0.6 is 11.6 Å². The Kier molecular flexibility index (Phi) is 9.80. The molecule has 11 heteroatoms. The summed E-state index contributed by atoms with van der Waals surface area (Å²) in [5.41, 5.74) is 1.77. The largest absolute Gasteiger partial charge is 0.445 e. The van der Waals surface area contributed by atoms with E-state index in [2.05, 4.69) is 16.0 Å². The molecule has 1 aliphatic heterocycles. The molecule has 0 spiro atoms. The van der Waals surface area contributed by atoms with Crippen molar-refractivity contribution >= 4 is 27.7 Å². The van der Waals surface area contributed by atoms with E-state index >= 15 is 0 Å². The SMILES string of the molecule is CCN(C(=O)OCc1ccccc1)C1CCN(CC[C@@H]2C[C@@]2(CN(C)S(=O)(=O)c2cn(C)cn2)c2cccc(Cl)c2)CC1. The van der Waals surface area contributed by atoms with Crippen LogP contribution in [0.1, 0.15) is 43.7 Å². The lowest BCUT2D eigenvalue weighted by atomic mass is 9.92. The van der Waals surface area contributed by atoms with Crippen LogP contribution in [0, 0.1) is 5.92 Å². The molecule has 1 aromatic heterocycles. The van der Waals surface area contributed by atoms with E-state index in [9.17, 15) is 13.2 Å². The fourth-order valence-corrected chi connectivity index (χ4v) is 7.88. The van der Waals surface area contributed by atoms with E-state index in [1.807, 2.05) is 60.4 Å². The van der Waals surface area contributed by atoms with Gasteiger partial charge in [0.2, 0.25) is 0 Å². The summed E-state index contributed by atoms with van der Waals surface area (Å²) in [7, 11) is -0.317. The normalized spacial score (nSPS) is 21.2. The van der Waals surface area contributed by atoms with Gasteiger partial charge in [-0.15, -0.1) is 0 Å². The zero-order valence-electron chi connectivity index (χ0n) is 25.2. The van der Waals surface area contributed by atoms with Crippen LogP contribution in [0.15, 0.2) is 72.1 Å². The van der Waals surface area contributed by atoms with E-state index in [4.69, 9.17) is 16.3 Å². The quantitative estimate of drug-likeness (QED) is 0.276. The number of carbonyl (C=O) groups is 1. The standard InChI is InChI=1S/C32H42ClN5O4S/c1-4-38(31(39)42-22-25-9-6-5-7-10-25)29-14-17-37(18-15-29)16-13-27-20-32(27,26-11-8-12-28(33)19-26)23-36(3)43(40,41)30-21-35(2)24-34-30/h5-12,19,21,24,27,29H,4,13-18,20,22-23H2,1-3H3/t27-,32-/m1/s1. The zero-order valence-corrected chi connectivity index (χ0v) is 26.8. The third-order valence-electron chi connectivity index (χ3n) is 9.06. The Bertz CT molecular complexity index is 1490. The molecule has 43 heavy (non-hydrogen) atoms. The van der Waals surface area contributed by atoms with Gasteiger partial charge in [0.15, 0.2) is 5.03 Å². The van der Waals surface area contributed by atoms with Gasteiger partial charge in [-0.2, -0.15) is 4.31 Å². The van der Waals surface area contributed by atoms with Crippen molar-refractivity contribution < 1.29 is 17.9 Å². The lowest BCUT2D eigenvalue weighted by Crippen LogP contribution is -2.47. The number of hydrogen-bond donors (Lipinski definition) is 0. The highest BCUT2D eigenvalue weighted by Gasteiger charge is 2.56. The highest BCUT2D eigenvalue weighted by molar-refractivity contribution is 7.89. The minimum Gasteiger partial charge on any atom is -0.445 e. The van der Waals surface area contributed by atoms with Crippen molar-refractivity contribution in [3.05, 3.63) is 83.3 Å². The van der Waals surface area contributed by atoms with Crippen LogP contribution in [0.5, 0.6) is 0 Å². The van der Waals surface area contributed by atoms with Crippen LogP contribution < -0.4 is 0 Å². The number of sulfonamides is 1. The van der Waals surface area contributed by atoms with Gasteiger partial charge in [0.05, 0.1) is 6.33 Å². The van der Waals surface area contributed by atoms with Crippen molar-refractivity contribution in [3.63, 3.8) is 0 Å². The Hall–Kier alpha value is -2.92. The number of amides is 1. The van der Waals surface area contributed by atoms with Gasteiger partial charge in [-0.3, -0.25) is 0 Å². The van der Waals surface area contributed by atoms with Crippen LogP contribution in [0.3, 0.4) is 0 Å². The summed E-state index contributed by atoms with van der Waals surface area (Å²) in [5, 5.41) is 0.714. The van der Waals surface area contributed by atoms with Crippen molar-refractivity contribution in [2.75, 3.05) is 39.8 Å². The highest BCUT2D eigenvalue weighted by Crippen LogP contribution is 2.57. The lowest BCUT2D eigenvalue weighted by molar-refractivity contribution is 0.0627. The third kappa shape index (κ3) is 7.25. The van der Waals surface area contributed by atoms with E-state index < -0.39 is 10.0 Å². The second-order valence-corrected chi connectivity index (χ2v) is 14.3. The molecule has 1 saturated heterocycles. The summed E-state index contributed by atoms with van der Waals surface area (Å²) in [5.74, 6) is 0.338. The Morgan fingerprint density at radius 1 is 1.14 bits per heavy atom. The van der Waals surface area contributed by atoms with Gasteiger partial charge in [0.25, 0.3) is 10.0 Å². The molecule has 2 aliphatic rings. The first-order valence-corrected chi connectivity index (χ1v) is 16.8. The molecule has 5 rings (SSSR count). The molecular weight excluding hydrogens is 586 g/mol. The second-order valence-electron chi connectivity index (χ2n) is 11.9. The van der Waals surface area contributed by atoms with E-state index in [1.54, 1.807) is 18.7 Å². The van der Waals surface area contributed by atoms with Gasteiger partial charge < -0.3 is 19.1 Å². The number of likely N-dealkylation sites (tertiary alicyclic amines) is 1. The number of halogens is 1. The number of rotatable bonds is 12. The number of carbonyl (C=O) groups excluding carboxylic acids is 1. The van der Waals surface area contributed by atoms with Gasteiger partial charge in [0.1, 0.15) is 6.61 Å². The maximum Gasteiger partial charge on any atom is 0.410 e. The summed E-state index contributed by atoms with van der Waals surface area (Å²) in [6.45, 7) is 6.04. The minimum atomic E-state index is -3.72. The first kappa shape index (κ1) is 31.5. The molecule has 0 radical (unpaired) electrons. The summed E-state index contributed by atoms with van der Waals surface area (Å²) in [6, 6.07) is 17.8. The molecule has 2 atom stereocenters. The predicted molar refractivity (Wildman–Crippen MR) is 167 cm³/mol. The Morgan fingerprint density at radius 3 is 2.53 bits per heavy atom. The topological polar surface area (TPSA) is 88.0 Å². The number of aryl methyl sites for hydroxylation is 1. The molecule has 1 aliphatic carbocycles. The van der Waals surface area contributed by atoms with Crippen LogP contribution in [-0.4, -0.2) is 84.0 Å². The Morgan fingerprint density at radius 2 is 1.88 bits per heavy atom. The predicted octanol–water partition coefficient (Wildman–Crippen LogP) is 5.17. The average Bonchev–Trinajstić information content (AvgIpc) is 3.52. The number of imidazole rings is 1. The Labute approximate surface area is 260 Å². The number of hydrogen-bond acceptors (Lipinski definition) is 6. The molecule has 2 heterocycles. The first-order valence-electron chi connectivity index (χ1n) is 15.0. The summed E-state index contributed by atoms with van der Waals surface area (Å²) in [4.78, 5) is 21.3. The van der Waals surface area contributed by atoms with Gasteiger partial charge in [-0.25, -0.2) is 18.2 Å². The Balaban J connectivity index is 1.17. The second kappa shape index (κ2) is 13.4. The summed E-state index contributed by atoms with van der Waals surface area (Å²) in [6.07, 6.45) is 6.47. The number of likely N-dealkylation sites (N-methyl/N-ethyl adjacent to an activating group) is 1. The highest BCUT2D eigenvalue weighted by atomic mass is 35.5. The van der Waals surface area contributed by atoms with Gasteiger partial charge in [0, 0.05) is 63.0 Å². The molecule has 0 N–H and O–H groups in total. The molecule has 3 aromatic rings. The van der Waals surface area contributed by atoms with Crippen molar-refractivity contribution in [2.45, 2.75) is 55.7 Å². The molecule has 1 amide bonds. The molecular formula is C32H42ClN5O4S. The van der Waals surface area contributed by atoms with Crippen molar-refractivity contribution in [3.8, 4) is 0 Å². The minimum absolute atomic E-state index is 0.0592. The van der Waals surface area contributed by atoms with Crippen LogP contribution in [0.25, 0.3) is 0 Å². The number of ether oxygens (including phenoxy) is 1. The fraction of sp³-hybridized carbons (Fsp3) is 0.500. The van der Waals surface area contributed by atoms with Gasteiger partial charge in [-0.05, 0) is 68.3 Å². The van der Waals surface area contributed by atoms with Crippen LogP contribution in [-0.2, 0) is 33.8 Å². The van der Waals surface area contributed by atoms with Crippen LogP contribution in [0.4, 0.5) is 4.79 Å². The average molecular weight is 628 g/mol. The van der Waals surface area contributed by atoms with Crippen molar-refractivity contribution in [2.24, 2.45) is 13.0 Å². The number of benzene rings is 2. The number of piperidine rings is 1. The monoisotopic (exact) mass is 627 g/mol. The zero-order chi connectivity index (χ0) is 30.6.